The van der Waals surface area contributed by atoms with Gasteiger partial charge in [-0.15, -0.1) is 0 Å². The van der Waals surface area contributed by atoms with Gasteiger partial charge in [0.1, 0.15) is 12.8 Å². The van der Waals surface area contributed by atoms with Gasteiger partial charge in [-0.3, -0.25) is 24.1 Å². The highest BCUT2D eigenvalue weighted by atomic mass is 16.5. The summed E-state index contributed by atoms with van der Waals surface area (Å²) in [5.41, 5.74) is 11.2. The lowest BCUT2D eigenvalue weighted by Crippen LogP contribution is -2.42. The van der Waals surface area contributed by atoms with Crippen LogP contribution in [0, 0.1) is 11.8 Å². The molecule has 17 nitrogen and oxygen atoms in total. The maximum atomic E-state index is 11.7. The zero-order valence-corrected chi connectivity index (χ0v) is 19.6. The number of rotatable bonds is 8. The largest absolute Gasteiger partial charge is 0.396 e. The SMILES string of the molecule is Nc1nc2c(ncn2COC(CO)CO)c(=O)[nH]1.Nc1nc2c(ncn2[C@H]2C[C@H](CO)[C@H]2CO)c(=O)[nH]1. The molecular formula is C20H28N10O7. The first-order valence-corrected chi connectivity index (χ1v) is 11.3. The summed E-state index contributed by atoms with van der Waals surface area (Å²) in [5.74, 6) is 0.0458. The summed E-state index contributed by atoms with van der Waals surface area (Å²) in [6, 6.07) is -0.0131. The van der Waals surface area contributed by atoms with Crippen LogP contribution in [0.1, 0.15) is 12.5 Å². The summed E-state index contributed by atoms with van der Waals surface area (Å²) in [6.45, 7) is -0.588. The average Bonchev–Trinajstić information content (AvgIpc) is 3.45. The fourth-order valence-corrected chi connectivity index (χ4v) is 4.18. The fourth-order valence-electron chi connectivity index (χ4n) is 4.18. The molecule has 0 radical (unpaired) electrons. The molecule has 1 saturated carbocycles. The summed E-state index contributed by atoms with van der Waals surface area (Å²) in [6.07, 6.45) is 2.94. The number of nitrogens with zero attached hydrogens (tertiary/aromatic N) is 6. The van der Waals surface area contributed by atoms with E-state index in [1.807, 2.05) is 0 Å². The van der Waals surface area contributed by atoms with Gasteiger partial charge in [0, 0.05) is 25.2 Å². The highest BCUT2D eigenvalue weighted by Crippen LogP contribution is 2.44. The van der Waals surface area contributed by atoms with Crippen molar-refractivity contribution in [3.05, 3.63) is 33.4 Å². The number of aliphatic hydroxyl groups excluding tert-OH is 4. The van der Waals surface area contributed by atoms with E-state index >= 15 is 0 Å². The first-order chi connectivity index (χ1) is 17.8. The number of hydrogen-bond acceptors (Lipinski definition) is 13. The number of anilines is 2. The molecule has 0 amide bonds. The zero-order valence-electron chi connectivity index (χ0n) is 19.6. The van der Waals surface area contributed by atoms with Gasteiger partial charge < -0.3 is 41.2 Å². The predicted molar refractivity (Wildman–Crippen MR) is 129 cm³/mol. The van der Waals surface area contributed by atoms with Crippen molar-refractivity contribution in [1.82, 2.24) is 39.0 Å². The molecule has 1 aliphatic rings. The summed E-state index contributed by atoms with van der Waals surface area (Å²) in [4.78, 5) is 43.8. The van der Waals surface area contributed by atoms with Crippen LogP contribution in [0.5, 0.6) is 0 Å². The molecule has 0 aromatic carbocycles. The van der Waals surface area contributed by atoms with E-state index in [1.165, 1.54) is 17.2 Å². The molecule has 1 aliphatic carbocycles. The van der Waals surface area contributed by atoms with Crippen LogP contribution >= 0.6 is 0 Å². The van der Waals surface area contributed by atoms with Gasteiger partial charge in [0.2, 0.25) is 11.9 Å². The quantitative estimate of drug-likeness (QED) is 0.114. The Hall–Kier alpha value is -3.90. The molecule has 10 N–H and O–H groups in total. The second kappa shape index (κ2) is 11.0. The van der Waals surface area contributed by atoms with E-state index in [4.69, 9.17) is 26.4 Å². The number of aromatic nitrogens is 8. The number of H-pyrrole nitrogens is 2. The average molecular weight is 521 g/mol. The van der Waals surface area contributed by atoms with E-state index in [0.717, 1.165) is 6.42 Å². The molecule has 200 valence electrons. The van der Waals surface area contributed by atoms with Crippen LogP contribution in [0.4, 0.5) is 11.9 Å². The standard InChI is InChI=1S/C11H15N5O3.C9H13N5O4/c12-11-14-9-8(10(19)15-11)13-4-16(9)7-1-5(2-17)6(7)3-18;10-9-12-7-6(8(17)13-9)11-3-14(7)4-18-5(1-15)2-16/h4-7,17-18H,1-3H2,(H3,12,14,15,19);3,5,15-16H,1-2,4H2,(H3,10,12,13,17)/t5-,6-,7+;/m1./s1. The van der Waals surface area contributed by atoms with Gasteiger partial charge in [-0.1, -0.05) is 0 Å². The number of fused-ring (bicyclic) bond motifs is 2. The minimum atomic E-state index is -0.693. The molecule has 5 rings (SSSR count). The third kappa shape index (κ3) is 5.16. The lowest BCUT2D eigenvalue weighted by Gasteiger charge is -2.43. The molecule has 1 fully saturated rings. The fraction of sp³-hybridized carbons (Fsp3) is 0.500. The van der Waals surface area contributed by atoms with Gasteiger partial charge in [0.15, 0.2) is 22.3 Å². The first kappa shape index (κ1) is 26.2. The molecule has 0 saturated heterocycles. The molecule has 17 heteroatoms. The number of nitrogens with one attached hydrogen (secondary N) is 2. The van der Waals surface area contributed by atoms with Crippen LogP contribution in [0.15, 0.2) is 22.2 Å². The normalized spacial score (nSPS) is 19.2. The number of nitrogens with two attached hydrogens (primary N) is 2. The summed E-state index contributed by atoms with van der Waals surface area (Å²) in [7, 11) is 0. The number of aliphatic hydroxyl groups is 4. The van der Waals surface area contributed by atoms with Gasteiger partial charge in [-0.2, -0.15) is 9.97 Å². The van der Waals surface area contributed by atoms with E-state index in [1.54, 1.807) is 4.57 Å². The van der Waals surface area contributed by atoms with Crippen molar-refractivity contribution in [1.29, 1.82) is 0 Å². The molecule has 37 heavy (non-hydrogen) atoms. The molecule has 0 aliphatic heterocycles. The monoisotopic (exact) mass is 520 g/mol. The third-order valence-electron chi connectivity index (χ3n) is 6.25. The predicted octanol–water partition coefficient (Wildman–Crippen LogP) is -3.11. The molecule has 0 unspecified atom stereocenters. The van der Waals surface area contributed by atoms with Crippen LogP contribution in [0.25, 0.3) is 22.3 Å². The highest BCUT2D eigenvalue weighted by molar-refractivity contribution is 5.71. The maximum Gasteiger partial charge on any atom is 0.280 e. The maximum absolute atomic E-state index is 11.7. The van der Waals surface area contributed by atoms with E-state index in [-0.39, 0.29) is 85.2 Å². The van der Waals surface area contributed by atoms with E-state index < -0.39 is 11.7 Å². The van der Waals surface area contributed by atoms with Crippen molar-refractivity contribution < 1.29 is 25.2 Å². The first-order valence-electron chi connectivity index (χ1n) is 11.3. The number of imidazole rings is 2. The van der Waals surface area contributed by atoms with Crippen molar-refractivity contribution in [2.24, 2.45) is 11.8 Å². The highest BCUT2D eigenvalue weighted by Gasteiger charge is 2.42. The molecule has 0 bridgehead atoms. The van der Waals surface area contributed by atoms with Gasteiger partial charge in [-0.05, 0) is 12.3 Å². The van der Waals surface area contributed by atoms with Crippen molar-refractivity contribution in [2.45, 2.75) is 25.3 Å². The van der Waals surface area contributed by atoms with Crippen molar-refractivity contribution >= 4 is 34.2 Å². The van der Waals surface area contributed by atoms with Gasteiger partial charge in [0.05, 0.1) is 25.9 Å². The lowest BCUT2D eigenvalue weighted by atomic mass is 9.70. The van der Waals surface area contributed by atoms with Crippen LogP contribution in [-0.4, -0.2) is 92.0 Å². The Balaban J connectivity index is 0.000000173. The third-order valence-corrected chi connectivity index (χ3v) is 6.25. The smallest absolute Gasteiger partial charge is 0.280 e. The molecule has 4 aromatic rings. The second-order valence-corrected chi connectivity index (χ2v) is 8.49. The number of hydrogen-bond donors (Lipinski definition) is 8. The Labute approximate surface area is 207 Å². The molecule has 4 aromatic heterocycles. The lowest BCUT2D eigenvalue weighted by molar-refractivity contribution is -0.0488. The summed E-state index contributed by atoms with van der Waals surface area (Å²) < 4.78 is 8.42. The van der Waals surface area contributed by atoms with Gasteiger partial charge in [0.25, 0.3) is 11.1 Å². The summed E-state index contributed by atoms with van der Waals surface area (Å²) in [5, 5.41) is 36.3. The second-order valence-electron chi connectivity index (χ2n) is 8.49. The Morgan fingerprint density at radius 2 is 1.54 bits per heavy atom. The Kier molecular flexibility index (Phi) is 7.79. The van der Waals surface area contributed by atoms with Crippen molar-refractivity contribution in [3.63, 3.8) is 0 Å². The van der Waals surface area contributed by atoms with Gasteiger partial charge in [-0.25, -0.2) is 9.97 Å². The van der Waals surface area contributed by atoms with Crippen LogP contribution in [-0.2, 0) is 11.5 Å². The molecule has 3 atom stereocenters. The number of aromatic amines is 2. The van der Waals surface area contributed by atoms with E-state index in [2.05, 4.69) is 29.9 Å². The van der Waals surface area contributed by atoms with Crippen LogP contribution in [0.3, 0.4) is 0 Å². The van der Waals surface area contributed by atoms with Crippen LogP contribution < -0.4 is 22.6 Å². The zero-order chi connectivity index (χ0) is 26.7. The minimum absolute atomic E-state index is 0.00181. The van der Waals surface area contributed by atoms with Gasteiger partial charge >= 0.3 is 0 Å². The summed E-state index contributed by atoms with van der Waals surface area (Å²) >= 11 is 0. The topological polar surface area (TPSA) is 269 Å². The molecule has 0 spiro atoms. The van der Waals surface area contributed by atoms with Crippen LogP contribution in [0.2, 0.25) is 0 Å². The molecule has 4 heterocycles. The van der Waals surface area contributed by atoms with Crippen molar-refractivity contribution in [3.8, 4) is 0 Å². The van der Waals surface area contributed by atoms with E-state index in [0.29, 0.717) is 5.65 Å². The number of nitrogen functional groups attached to an aromatic ring is 2. The Morgan fingerprint density at radius 3 is 2.14 bits per heavy atom. The molecular weight excluding hydrogens is 492 g/mol. The Morgan fingerprint density at radius 1 is 0.946 bits per heavy atom. The Bertz CT molecular complexity index is 1470. The number of ether oxygens (including phenoxy) is 1. The minimum Gasteiger partial charge on any atom is -0.396 e. The van der Waals surface area contributed by atoms with E-state index in [9.17, 15) is 19.8 Å². The van der Waals surface area contributed by atoms with Crippen molar-refractivity contribution in [2.75, 3.05) is 37.9 Å².